The normalized spacial score (nSPS) is 25.9. The number of rotatable bonds is 7. The van der Waals surface area contributed by atoms with E-state index in [1.165, 1.54) is 0 Å². The molecule has 0 radical (unpaired) electrons. The van der Waals surface area contributed by atoms with E-state index in [9.17, 15) is 14.4 Å². The predicted molar refractivity (Wildman–Crippen MR) is 110 cm³/mol. The molecule has 3 saturated heterocycles. The lowest BCUT2D eigenvalue weighted by molar-refractivity contribution is -0.147. The number of carbonyl (C=O) groups is 3. The predicted octanol–water partition coefficient (Wildman–Crippen LogP) is 1.90. The van der Waals surface area contributed by atoms with Crippen molar-refractivity contribution in [2.75, 3.05) is 45.9 Å². The van der Waals surface area contributed by atoms with Crippen molar-refractivity contribution in [2.24, 2.45) is 11.8 Å². The second kappa shape index (κ2) is 10.4. The summed E-state index contributed by atoms with van der Waals surface area (Å²) in [6.07, 6.45) is 6.48. The Bertz CT molecular complexity index is 585. The summed E-state index contributed by atoms with van der Waals surface area (Å²) < 4.78 is 5.75. The molecule has 3 heterocycles. The van der Waals surface area contributed by atoms with Crippen molar-refractivity contribution < 1.29 is 19.1 Å². The third-order valence-corrected chi connectivity index (χ3v) is 6.66. The Morgan fingerprint density at radius 2 is 1.76 bits per heavy atom. The van der Waals surface area contributed by atoms with E-state index in [1.54, 1.807) is 4.90 Å². The molecule has 0 aromatic heterocycles. The van der Waals surface area contributed by atoms with Crippen molar-refractivity contribution in [1.29, 1.82) is 0 Å². The average molecular weight is 408 g/mol. The van der Waals surface area contributed by atoms with Crippen LogP contribution in [0.2, 0.25) is 0 Å². The third kappa shape index (κ3) is 5.71. The fourth-order valence-electron chi connectivity index (χ4n) is 4.62. The van der Waals surface area contributed by atoms with Gasteiger partial charge >= 0.3 is 0 Å². The van der Waals surface area contributed by atoms with Crippen molar-refractivity contribution in [2.45, 2.75) is 64.9 Å². The highest BCUT2D eigenvalue weighted by Crippen LogP contribution is 2.23. The number of carbonyl (C=O) groups excluding carboxylic acids is 3. The molecule has 0 aromatic carbocycles. The maximum Gasteiger partial charge on any atom is 0.242 e. The van der Waals surface area contributed by atoms with Crippen LogP contribution >= 0.6 is 0 Å². The van der Waals surface area contributed by atoms with Crippen LogP contribution in [-0.2, 0) is 19.1 Å². The van der Waals surface area contributed by atoms with Gasteiger partial charge in [-0.25, -0.2) is 0 Å². The van der Waals surface area contributed by atoms with Gasteiger partial charge in [0.15, 0.2) is 0 Å². The lowest BCUT2D eigenvalue weighted by atomic mass is 9.94. The molecule has 3 rings (SSSR count). The molecule has 0 unspecified atom stereocenters. The van der Waals surface area contributed by atoms with Crippen molar-refractivity contribution in [3.05, 3.63) is 0 Å². The van der Waals surface area contributed by atoms with E-state index in [1.807, 2.05) is 23.6 Å². The van der Waals surface area contributed by atoms with Gasteiger partial charge in [-0.1, -0.05) is 13.8 Å². The highest BCUT2D eigenvalue weighted by Gasteiger charge is 2.35. The van der Waals surface area contributed by atoms with E-state index < -0.39 is 0 Å². The van der Waals surface area contributed by atoms with Gasteiger partial charge in [-0.3, -0.25) is 14.4 Å². The summed E-state index contributed by atoms with van der Waals surface area (Å²) in [6, 6.07) is 0. The summed E-state index contributed by atoms with van der Waals surface area (Å²) in [6.45, 7) is 8.10. The second-order valence-electron chi connectivity index (χ2n) is 8.87. The van der Waals surface area contributed by atoms with Gasteiger partial charge < -0.3 is 19.4 Å². The first-order valence-corrected chi connectivity index (χ1v) is 11.5. The number of likely N-dealkylation sites (tertiary alicyclic amines) is 2. The zero-order chi connectivity index (χ0) is 20.8. The maximum atomic E-state index is 13.4. The van der Waals surface area contributed by atoms with Crippen molar-refractivity contribution >= 4 is 17.7 Å². The number of nitrogens with zero attached hydrogens (tertiary/aromatic N) is 3. The second-order valence-corrected chi connectivity index (χ2v) is 8.87. The Morgan fingerprint density at radius 3 is 2.41 bits per heavy atom. The summed E-state index contributed by atoms with van der Waals surface area (Å²) in [7, 11) is 0. The van der Waals surface area contributed by atoms with Gasteiger partial charge in [0.05, 0.1) is 18.6 Å². The quantitative estimate of drug-likeness (QED) is 0.646. The van der Waals surface area contributed by atoms with Gasteiger partial charge in [-0.05, 0) is 44.9 Å². The van der Waals surface area contributed by atoms with Crippen LogP contribution in [0.1, 0.15) is 58.8 Å². The molecule has 0 N–H and O–H groups in total. The lowest BCUT2D eigenvalue weighted by Crippen LogP contribution is -2.51. The van der Waals surface area contributed by atoms with Crippen LogP contribution in [0.5, 0.6) is 0 Å². The Balaban J connectivity index is 1.65. The van der Waals surface area contributed by atoms with Crippen LogP contribution in [0.3, 0.4) is 0 Å². The number of hydrogen-bond acceptors (Lipinski definition) is 4. The van der Waals surface area contributed by atoms with Crippen LogP contribution in [0.25, 0.3) is 0 Å². The van der Waals surface area contributed by atoms with Crippen LogP contribution < -0.4 is 0 Å². The van der Waals surface area contributed by atoms with Crippen molar-refractivity contribution in [3.63, 3.8) is 0 Å². The molecule has 0 bridgehead atoms. The van der Waals surface area contributed by atoms with Gasteiger partial charge in [0.1, 0.15) is 0 Å². The minimum absolute atomic E-state index is 0.00898. The van der Waals surface area contributed by atoms with E-state index in [0.29, 0.717) is 13.1 Å². The minimum Gasteiger partial charge on any atom is -0.376 e. The number of ether oxygens (including phenoxy) is 1. The first-order chi connectivity index (χ1) is 14.0. The molecule has 3 aliphatic heterocycles. The standard InChI is InChI=1S/C22H37N3O4/c1-3-17(2)21(27)24-12-6-8-18(14-24)22(28)25(15-19-9-7-13-29-19)16-20(26)23-10-4-5-11-23/h17-19H,3-16H2,1-2H3/t17-,18-,19-/m0/s1. The van der Waals surface area contributed by atoms with Gasteiger partial charge in [-0.15, -0.1) is 0 Å². The molecule has 0 spiro atoms. The van der Waals surface area contributed by atoms with E-state index in [2.05, 4.69) is 0 Å². The largest absolute Gasteiger partial charge is 0.376 e. The molecule has 7 heteroatoms. The molecular formula is C22H37N3O4. The van der Waals surface area contributed by atoms with E-state index >= 15 is 0 Å². The van der Waals surface area contributed by atoms with Gasteiger partial charge in [0.25, 0.3) is 0 Å². The fraction of sp³-hybridized carbons (Fsp3) is 0.864. The molecular weight excluding hydrogens is 370 g/mol. The Morgan fingerprint density at radius 1 is 1.03 bits per heavy atom. The third-order valence-electron chi connectivity index (χ3n) is 6.66. The first kappa shape index (κ1) is 22.1. The molecule has 7 nitrogen and oxygen atoms in total. The smallest absolute Gasteiger partial charge is 0.242 e. The number of piperidine rings is 1. The van der Waals surface area contributed by atoms with Crippen molar-refractivity contribution in [1.82, 2.24) is 14.7 Å². The van der Waals surface area contributed by atoms with E-state index in [4.69, 9.17) is 4.74 Å². The molecule has 0 aliphatic carbocycles. The zero-order valence-corrected chi connectivity index (χ0v) is 18.1. The first-order valence-electron chi connectivity index (χ1n) is 11.5. The van der Waals surface area contributed by atoms with E-state index in [-0.39, 0.29) is 42.2 Å². The number of hydrogen-bond donors (Lipinski definition) is 0. The molecule has 3 fully saturated rings. The molecule has 3 amide bonds. The van der Waals surface area contributed by atoms with Gasteiger partial charge in [0.2, 0.25) is 17.7 Å². The molecule has 3 atom stereocenters. The van der Waals surface area contributed by atoms with Crippen LogP contribution in [0.4, 0.5) is 0 Å². The summed E-state index contributed by atoms with van der Waals surface area (Å²) in [5.41, 5.74) is 0. The highest BCUT2D eigenvalue weighted by atomic mass is 16.5. The molecule has 0 saturated carbocycles. The highest BCUT2D eigenvalue weighted by molar-refractivity contribution is 5.87. The van der Waals surface area contributed by atoms with Gasteiger partial charge in [-0.2, -0.15) is 0 Å². The minimum atomic E-state index is -0.218. The Labute approximate surface area is 174 Å². The van der Waals surface area contributed by atoms with Crippen LogP contribution in [0.15, 0.2) is 0 Å². The Kier molecular flexibility index (Phi) is 7.92. The monoisotopic (exact) mass is 407 g/mol. The SMILES string of the molecule is CC[C@H](C)C(=O)N1CCC[C@H](C(=O)N(CC(=O)N2CCCC2)C[C@@H]2CCCO2)C1. The topological polar surface area (TPSA) is 70.2 Å². The van der Waals surface area contributed by atoms with E-state index in [0.717, 1.165) is 71.2 Å². The van der Waals surface area contributed by atoms with Crippen LogP contribution in [-0.4, -0.2) is 84.4 Å². The molecule has 0 aromatic rings. The Hall–Kier alpha value is -1.63. The summed E-state index contributed by atoms with van der Waals surface area (Å²) in [4.78, 5) is 44.2. The summed E-state index contributed by atoms with van der Waals surface area (Å²) in [5, 5.41) is 0. The average Bonchev–Trinajstić information content (AvgIpc) is 3.46. The molecule has 164 valence electrons. The van der Waals surface area contributed by atoms with Crippen molar-refractivity contribution in [3.8, 4) is 0 Å². The molecule has 3 aliphatic rings. The number of amides is 3. The lowest BCUT2D eigenvalue weighted by Gasteiger charge is -2.36. The zero-order valence-electron chi connectivity index (χ0n) is 18.1. The van der Waals surface area contributed by atoms with Gasteiger partial charge in [0, 0.05) is 45.2 Å². The summed E-state index contributed by atoms with van der Waals surface area (Å²) in [5.74, 6) is -0.0381. The fourth-order valence-corrected chi connectivity index (χ4v) is 4.62. The summed E-state index contributed by atoms with van der Waals surface area (Å²) >= 11 is 0. The maximum absolute atomic E-state index is 13.4. The molecule has 29 heavy (non-hydrogen) atoms. The van der Waals surface area contributed by atoms with Crippen LogP contribution in [0, 0.1) is 11.8 Å².